The van der Waals surface area contributed by atoms with E-state index in [0.29, 0.717) is 32.6 Å². The minimum Gasteiger partial charge on any atom is -0.482 e. The number of anilines is 1. The molecule has 1 aromatic heterocycles. The third-order valence-corrected chi connectivity index (χ3v) is 6.46. The number of thioether (sulfide) groups is 1. The molecule has 3 rings (SSSR count). The van der Waals surface area contributed by atoms with Gasteiger partial charge in [0.25, 0.3) is 0 Å². The standard InChI is InChI=1S/C24H28Cl2N4O2S/c1-14(2)18-8-6-7-9-21(18)32-16(5)23-28-29-24(30(23)15(3)4)33-13-22(31)27-20-12-17(25)10-11-19(20)26/h6-12,14-16H,13H2,1-5H3,(H,27,31). The number of carbonyl (C=O) groups is 1. The van der Waals surface area contributed by atoms with Gasteiger partial charge < -0.3 is 14.6 Å². The lowest BCUT2D eigenvalue weighted by atomic mass is 10.0. The molecule has 1 N–H and O–H groups in total. The highest BCUT2D eigenvalue weighted by molar-refractivity contribution is 7.99. The van der Waals surface area contributed by atoms with E-state index in [2.05, 4.69) is 49.3 Å². The van der Waals surface area contributed by atoms with Crippen molar-refractivity contribution in [2.45, 2.75) is 57.8 Å². The third-order valence-electron chi connectivity index (χ3n) is 4.95. The maximum atomic E-state index is 12.5. The van der Waals surface area contributed by atoms with Gasteiger partial charge >= 0.3 is 0 Å². The number of rotatable bonds is 9. The van der Waals surface area contributed by atoms with Gasteiger partial charge in [0.2, 0.25) is 5.91 Å². The zero-order valence-corrected chi connectivity index (χ0v) is 21.6. The van der Waals surface area contributed by atoms with Gasteiger partial charge in [-0.1, -0.05) is 67.0 Å². The highest BCUT2D eigenvalue weighted by Gasteiger charge is 2.23. The molecule has 1 heterocycles. The normalized spacial score (nSPS) is 12.3. The van der Waals surface area contributed by atoms with Gasteiger partial charge in [-0.25, -0.2) is 0 Å². The Morgan fingerprint density at radius 1 is 1.09 bits per heavy atom. The fraction of sp³-hybridized carbons (Fsp3) is 0.375. The van der Waals surface area contributed by atoms with Gasteiger partial charge in [0.15, 0.2) is 17.1 Å². The summed E-state index contributed by atoms with van der Waals surface area (Å²) in [4.78, 5) is 12.5. The van der Waals surface area contributed by atoms with E-state index < -0.39 is 0 Å². The van der Waals surface area contributed by atoms with Crippen LogP contribution in [-0.2, 0) is 4.79 Å². The fourth-order valence-electron chi connectivity index (χ4n) is 3.37. The summed E-state index contributed by atoms with van der Waals surface area (Å²) in [6, 6.07) is 13.1. The number of nitrogens with zero attached hydrogens (tertiary/aromatic N) is 3. The Hall–Kier alpha value is -2.22. The van der Waals surface area contributed by atoms with Crippen molar-refractivity contribution in [3.8, 4) is 5.75 Å². The number of nitrogens with one attached hydrogen (secondary N) is 1. The number of hydrogen-bond acceptors (Lipinski definition) is 5. The van der Waals surface area contributed by atoms with Gasteiger partial charge in [-0.2, -0.15) is 0 Å². The van der Waals surface area contributed by atoms with Crippen LogP contribution < -0.4 is 10.1 Å². The van der Waals surface area contributed by atoms with Crippen molar-refractivity contribution in [2.75, 3.05) is 11.1 Å². The van der Waals surface area contributed by atoms with Crippen LogP contribution in [0.5, 0.6) is 5.75 Å². The molecule has 0 saturated carbocycles. The Morgan fingerprint density at radius 2 is 1.82 bits per heavy atom. The summed E-state index contributed by atoms with van der Waals surface area (Å²) in [6.45, 7) is 10.3. The fourth-order valence-corrected chi connectivity index (χ4v) is 4.58. The van der Waals surface area contributed by atoms with Crippen LogP contribution >= 0.6 is 35.0 Å². The first-order chi connectivity index (χ1) is 15.7. The molecule has 0 aliphatic rings. The van der Waals surface area contributed by atoms with E-state index in [1.807, 2.05) is 29.7 Å². The van der Waals surface area contributed by atoms with E-state index in [9.17, 15) is 4.79 Å². The first-order valence-electron chi connectivity index (χ1n) is 10.8. The van der Waals surface area contributed by atoms with Crippen LogP contribution in [-0.4, -0.2) is 26.4 Å². The number of ether oxygens (including phenoxy) is 1. The van der Waals surface area contributed by atoms with Crippen molar-refractivity contribution in [3.05, 3.63) is 63.9 Å². The zero-order valence-electron chi connectivity index (χ0n) is 19.3. The van der Waals surface area contributed by atoms with E-state index in [0.717, 1.165) is 11.3 Å². The van der Waals surface area contributed by atoms with Crippen LogP contribution in [0.2, 0.25) is 10.0 Å². The van der Waals surface area contributed by atoms with Gasteiger partial charge in [0.1, 0.15) is 5.75 Å². The van der Waals surface area contributed by atoms with Crippen LogP contribution in [0.15, 0.2) is 47.6 Å². The maximum absolute atomic E-state index is 12.5. The van der Waals surface area contributed by atoms with Crippen molar-refractivity contribution in [3.63, 3.8) is 0 Å². The lowest BCUT2D eigenvalue weighted by Crippen LogP contribution is -2.17. The van der Waals surface area contributed by atoms with Crippen LogP contribution in [0.1, 0.15) is 64.1 Å². The van der Waals surface area contributed by atoms with E-state index in [4.69, 9.17) is 27.9 Å². The average Bonchev–Trinajstić information content (AvgIpc) is 3.19. The zero-order chi connectivity index (χ0) is 24.1. The van der Waals surface area contributed by atoms with E-state index in [1.165, 1.54) is 11.8 Å². The number of carbonyl (C=O) groups excluding carboxylic acids is 1. The number of benzene rings is 2. The Bertz CT molecular complexity index is 1120. The molecule has 6 nitrogen and oxygen atoms in total. The molecule has 9 heteroatoms. The second-order valence-corrected chi connectivity index (χ2v) is 10.0. The minimum atomic E-state index is -0.312. The van der Waals surface area contributed by atoms with Crippen molar-refractivity contribution >= 4 is 46.6 Å². The predicted molar refractivity (Wildman–Crippen MR) is 136 cm³/mol. The Balaban J connectivity index is 1.73. The number of hydrogen-bond donors (Lipinski definition) is 1. The number of aromatic nitrogens is 3. The molecule has 2 aromatic carbocycles. The summed E-state index contributed by atoms with van der Waals surface area (Å²) in [5.74, 6) is 1.84. The van der Waals surface area contributed by atoms with Crippen molar-refractivity contribution in [2.24, 2.45) is 0 Å². The molecule has 176 valence electrons. The summed E-state index contributed by atoms with van der Waals surface area (Å²) < 4.78 is 8.29. The highest BCUT2D eigenvalue weighted by Crippen LogP contribution is 2.32. The molecule has 0 bridgehead atoms. The molecule has 1 amide bonds. The SMILES string of the molecule is CC(C)c1ccccc1OC(C)c1nnc(SCC(=O)Nc2cc(Cl)ccc2Cl)n1C(C)C. The smallest absolute Gasteiger partial charge is 0.234 e. The summed E-state index contributed by atoms with van der Waals surface area (Å²) in [5.41, 5.74) is 1.62. The number of halogens is 2. The lowest BCUT2D eigenvalue weighted by molar-refractivity contribution is -0.113. The summed E-state index contributed by atoms with van der Waals surface area (Å²) in [6.07, 6.45) is -0.312. The minimum absolute atomic E-state index is 0.0920. The Morgan fingerprint density at radius 3 is 2.52 bits per heavy atom. The Labute approximate surface area is 209 Å². The lowest BCUT2D eigenvalue weighted by Gasteiger charge is -2.21. The topological polar surface area (TPSA) is 69.0 Å². The predicted octanol–water partition coefficient (Wildman–Crippen LogP) is 7.16. The molecular formula is C24H28Cl2N4O2S. The molecule has 0 aliphatic heterocycles. The van der Waals surface area contributed by atoms with Gasteiger partial charge in [0, 0.05) is 11.1 Å². The molecule has 0 saturated heterocycles. The number of amides is 1. The summed E-state index contributed by atoms with van der Waals surface area (Å²) >= 11 is 13.4. The summed E-state index contributed by atoms with van der Waals surface area (Å²) in [5, 5.41) is 13.1. The van der Waals surface area contributed by atoms with E-state index in [-0.39, 0.29) is 23.8 Å². The first-order valence-corrected chi connectivity index (χ1v) is 12.5. The maximum Gasteiger partial charge on any atom is 0.234 e. The van der Waals surface area contributed by atoms with Crippen LogP contribution in [0, 0.1) is 0 Å². The van der Waals surface area contributed by atoms with Gasteiger partial charge in [-0.15, -0.1) is 10.2 Å². The van der Waals surface area contributed by atoms with Crippen molar-refractivity contribution in [1.82, 2.24) is 14.8 Å². The molecule has 0 fully saturated rings. The van der Waals surface area contributed by atoms with Gasteiger partial charge in [-0.05, 0) is 56.5 Å². The van der Waals surface area contributed by atoms with Crippen molar-refractivity contribution in [1.29, 1.82) is 0 Å². The molecule has 33 heavy (non-hydrogen) atoms. The molecule has 1 atom stereocenters. The highest BCUT2D eigenvalue weighted by atomic mass is 35.5. The molecule has 1 unspecified atom stereocenters. The average molecular weight is 507 g/mol. The quantitative estimate of drug-likeness (QED) is 0.311. The second kappa shape index (κ2) is 11.3. The molecule has 0 radical (unpaired) electrons. The first kappa shape index (κ1) is 25.4. The molecule has 0 aliphatic carbocycles. The molecular weight excluding hydrogens is 479 g/mol. The van der Waals surface area contributed by atoms with E-state index >= 15 is 0 Å². The van der Waals surface area contributed by atoms with Crippen molar-refractivity contribution < 1.29 is 9.53 Å². The van der Waals surface area contributed by atoms with Crippen LogP contribution in [0.25, 0.3) is 0 Å². The Kier molecular flexibility index (Phi) is 8.68. The largest absolute Gasteiger partial charge is 0.482 e. The molecule has 0 spiro atoms. The van der Waals surface area contributed by atoms with Gasteiger partial charge in [-0.3, -0.25) is 4.79 Å². The van der Waals surface area contributed by atoms with E-state index in [1.54, 1.807) is 18.2 Å². The number of para-hydroxylation sites is 1. The molecule has 3 aromatic rings. The third kappa shape index (κ3) is 6.43. The van der Waals surface area contributed by atoms with Crippen LogP contribution in [0.4, 0.5) is 5.69 Å². The monoisotopic (exact) mass is 506 g/mol. The van der Waals surface area contributed by atoms with Crippen LogP contribution in [0.3, 0.4) is 0 Å². The summed E-state index contributed by atoms with van der Waals surface area (Å²) in [7, 11) is 0. The second-order valence-electron chi connectivity index (χ2n) is 8.22. The van der Waals surface area contributed by atoms with Gasteiger partial charge in [0.05, 0.1) is 16.5 Å².